The molecule has 0 aliphatic carbocycles. The molecule has 0 radical (unpaired) electrons. The molecule has 3 N–H and O–H groups in total. The van der Waals surface area contributed by atoms with Crippen LogP contribution in [0.25, 0.3) is 0 Å². The van der Waals surface area contributed by atoms with Crippen molar-refractivity contribution in [1.29, 1.82) is 0 Å². The average Bonchev–Trinajstić information content (AvgIpc) is 3.11. The summed E-state index contributed by atoms with van der Waals surface area (Å²) in [5.41, 5.74) is 2.05. The van der Waals surface area contributed by atoms with Gasteiger partial charge in [0.2, 0.25) is 0 Å². The summed E-state index contributed by atoms with van der Waals surface area (Å²) in [6.45, 7) is 4.62. The fourth-order valence-corrected chi connectivity index (χ4v) is 3.65. The van der Waals surface area contributed by atoms with Crippen LogP contribution in [0.5, 0.6) is 0 Å². The van der Waals surface area contributed by atoms with Crippen molar-refractivity contribution in [3.8, 4) is 0 Å². The van der Waals surface area contributed by atoms with Crippen LogP contribution in [0, 0.1) is 13.8 Å². The molecule has 0 bridgehead atoms. The van der Waals surface area contributed by atoms with E-state index in [-0.39, 0.29) is 29.1 Å². The van der Waals surface area contributed by atoms with Gasteiger partial charge in [0.05, 0.1) is 36.6 Å². The monoisotopic (exact) mass is 455 g/mol. The molecule has 1 aromatic heterocycles. The summed E-state index contributed by atoms with van der Waals surface area (Å²) < 4.78 is 15.3. The third-order valence-corrected chi connectivity index (χ3v) is 5.16. The summed E-state index contributed by atoms with van der Waals surface area (Å²) in [5, 5.41) is 5.24. The van der Waals surface area contributed by atoms with Crippen molar-refractivity contribution in [3.63, 3.8) is 0 Å². The van der Waals surface area contributed by atoms with Gasteiger partial charge in [-0.25, -0.2) is 19.2 Å². The zero-order valence-corrected chi connectivity index (χ0v) is 18.7. The van der Waals surface area contributed by atoms with Gasteiger partial charge in [0.25, 0.3) is 0 Å². The summed E-state index contributed by atoms with van der Waals surface area (Å²) in [6.07, 6.45) is 0. The van der Waals surface area contributed by atoms with E-state index in [0.29, 0.717) is 16.8 Å². The first-order valence-corrected chi connectivity index (χ1v) is 10.3. The molecular weight excluding hydrogens is 430 g/mol. The van der Waals surface area contributed by atoms with Gasteiger partial charge in [-0.3, -0.25) is 0 Å². The van der Waals surface area contributed by atoms with Gasteiger partial charge in [-0.05, 0) is 31.9 Å². The standard InChI is InChI=1S/C23H25N3O7/c1-5-32-21(28)17-15(25-23(30)26-19(17)14-9-7-6-8-10-14)11-33-22(29)18-12(2)16(13(3)24-18)20(27)31-4/h6-10,19,24H,5,11H2,1-4H3,(H2,25,26,30). The van der Waals surface area contributed by atoms with Crippen LogP contribution < -0.4 is 10.6 Å². The molecule has 1 aliphatic heterocycles. The summed E-state index contributed by atoms with van der Waals surface area (Å²) >= 11 is 0. The lowest BCUT2D eigenvalue weighted by Gasteiger charge is -2.29. The van der Waals surface area contributed by atoms with Gasteiger partial charge in [-0.2, -0.15) is 0 Å². The number of urea groups is 1. The Labute approximate surface area is 190 Å². The van der Waals surface area contributed by atoms with Crippen LogP contribution in [0.4, 0.5) is 4.79 Å². The van der Waals surface area contributed by atoms with Gasteiger partial charge in [0.1, 0.15) is 12.3 Å². The SMILES string of the molecule is CCOC(=O)C1=C(COC(=O)c2[nH]c(C)c(C(=O)OC)c2C)NC(=O)NC1c1ccccc1. The number of aromatic amines is 1. The Morgan fingerprint density at radius 1 is 1.00 bits per heavy atom. The van der Waals surface area contributed by atoms with Crippen LogP contribution in [-0.2, 0) is 19.0 Å². The highest BCUT2D eigenvalue weighted by Gasteiger charge is 2.34. The van der Waals surface area contributed by atoms with Crippen molar-refractivity contribution >= 4 is 23.9 Å². The predicted octanol–water partition coefficient (Wildman–Crippen LogP) is 2.45. The predicted molar refractivity (Wildman–Crippen MR) is 116 cm³/mol. The largest absolute Gasteiger partial charge is 0.465 e. The second-order valence-corrected chi connectivity index (χ2v) is 7.25. The molecule has 10 heteroatoms. The summed E-state index contributed by atoms with van der Waals surface area (Å²) in [4.78, 5) is 52.6. The van der Waals surface area contributed by atoms with Gasteiger partial charge >= 0.3 is 23.9 Å². The highest BCUT2D eigenvalue weighted by molar-refractivity contribution is 5.99. The number of hydrogen-bond donors (Lipinski definition) is 3. The first-order valence-electron chi connectivity index (χ1n) is 10.3. The van der Waals surface area contributed by atoms with Gasteiger partial charge in [0.15, 0.2) is 0 Å². The fraction of sp³-hybridized carbons (Fsp3) is 0.304. The lowest BCUT2D eigenvalue weighted by molar-refractivity contribution is -0.139. The number of H-pyrrole nitrogens is 1. The van der Waals surface area contributed by atoms with Gasteiger partial charge in [-0.1, -0.05) is 30.3 Å². The maximum atomic E-state index is 12.8. The lowest BCUT2D eigenvalue weighted by atomic mass is 9.95. The van der Waals surface area contributed by atoms with Gasteiger partial charge in [-0.15, -0.1) is 0 Å². The molecule has 10 nitrogen and oxygen atoms in total. The van der Waals surface area contributed by atoms with Crippen molar-refractivity contribution < 1.29 is 33.4 Å². The number of hydrogen-bond acceptors (Lipinski definition) is 7. The number of carbonyl (C=O) groups excluding carboxylic acids is 4. The molecule has 0 spiro atoms. The first-order chi connectivity index (χ1) is 15.8. The van der Waals surface area contributed by atoms with Crippen molar-refractivity contribution in [1.82, 2.24) is 15.6 Å². The number of benzene rings is 1. The van der Waals surface area contributed by atoms with Crippen LogP contribution in [-0.4, -0.2) is 49.2 Å². The van der Waals surface area contributed by atoms with E-state index in [4.69, 9.17) is 14.2 Å². The van der Waals surface area contributed by atoms with Gasteiger partial charge < -0.3 is 29.8 Å². The number of aromatic nitrogens is 1. The third kappa shape index (κ3) is 4.89. The fourth-order valence-electron chi connectivity index (χ4n) is 3.65. The zero-order valence-electron chi connectivity index (χ0n) is 18.7. The smallest absolute Gasteiger partial charge is 0.355 e. The minimum Gasteiger partial charge on any atom is -0.465 e. The Balaban J connectivity index is 1.92. The number of aryl methyl sites for hydroxylation is 1. The molecule has 1 aliphatic rings. The number of carbonyl (C=O) groups is 4. The molecular formula is C23H25N3O7. The third-order valence-electron chi connectivity index (χ3n) is 5.16. The Hall–Kier alpha value is -4.08. The Bertz CT molecular complexity index is 1120. The molecule has 0 saturated carbocycles. The number of methoxy groups -OCH3 is 1. The molecule has 33 heavy (non-hydrogen) atoms. The molecule has 3 rings (SSSR count). The molecule has 2 aromatic rings. The van der Waals surface area contributed by atoms with Crippen LogP contribution >= 0.6 is 0 Å². The van der Waals surface area contributed by atoms with Crippen molar-refractivity contribution in [3.05, 3.63) is 69.7 Å². The molecule has 174 valence electrons. The van der Waals surface area contributed by atoms with E-state index in [2.05, 4.69) is 15.6 Å². The Morgan fingerprint density at radius 3 is 2.33 bits per heavy atom. The first kappa shape index (κ1) is 23.6. The second-order valence-electron chi connectivity index (χ2n) is 7.25. The van der Waals surface area contributed by atoms with E-state index in [0.717, 1.165) is 0 Å². The van der Waals surface area contributed by atoms with Crippen molar-refractivity contribution in [2.24, 2.45) is 0 Å². The van der Waals surface area contributed by atoms with Crippen molar-refractivity contribution in [2.45, 2.75) is 26.8 Å². The Kier molecular flexibility index (Phi) is 7.17. The van der Waals surface area contributed by atoms with Crippen LogP contribution in [0.1, 0.15) is 50.6 Å². The van der Waals surface area contributed by atoms with E-state index in [1.54, 1.807) is 45.0 Å². The second kappa shape index (κ2) is 10.0. The number of rotatable bonds is 7. The minimum atomic E-state index is -0.784. The lowest BCUT2D eigenvalue weighted by Crippen LogP contribution is -2.47. The van der Waals surface area contributed by atoms with Crippen LogP contribution in [0.2, 0.25) is 0 Å². The summed E-state index contributed by atoms with van der Waals surface area (Å²) in [7, 11) is 1.25. The number of nitrogens with one attached hydrogen (secondary N) is 3. The maximum Gasteiger partial charge on any atom is 0.355 e. The summed E-state index contributed by atoms with van der Waals surface area (Å²) in [5.74, 6) is -1.99. The average molecular weight is 455 g/mol. The van der Waals surface area contributed by atoms with Crippen LogP contribution in [0.15, 0.2) is 41.6 Å². The Morgan fingerprint density at radius 2 is 1.70 bits per heavy atom. The van der Waals surface area contributed by atoms with E-state index in [1.807, 2.05) is 6.07 Å². The van der Waals surface area contributed by atoms with Gasteiger partial charge in [0, 0.05) is 5.69 Å². The van der Waals surface area contributed by atoms with E-state index in [9.17, 15) is 19.2 Å². The summed E-state index contributed by atoms with van der Waals surface area (Å²) in [6, 6.07) is 7.56. The highest BCUT2D eigenvalue weighted by atomic mass is 16.5. The molecule has 0 saturated heterocycles. The zero-order chi connectivity index (χ0) is 24.1. The quantitative estimate of drug-likeness (QED) is 0.431. The number of amides is 2. The molecule has 1 atom stereocenters. The van der Waals surface area contributed by atoms with E-state index in [1.165, 1.54) is 7.11 Å². The number of ether oxygens (including phenoxy) is 3. The highest BCUT2D eigenvalue weighted by Crippen LogP contribution is 2.28. The van der Waals surface area contributed by atoms with E-state index >= 15 is 0 Å². The number of esters is 3. The molecule has 1 unspecified atom stereocenters. The van der Waals surface area contributed by atoms with E-state index < -0.39 is 36.6 Å². The maximum absolute atomic E-state index is 12.8. The molecule has 0 fully saturated rings. The molecule has 2 amide bonds. The normalized spacial score (nSPS) is 15.4. The van der Waals surface area contributed by atoms with Crippen LogP contribution in [0.3, 0.4) is 0 Å². The minimum absolute atomic E-state index is 0.0751. The van der Waals surface area contributed by atoms with Crippen molar-refractivity contribution in [2.75, 3.05) is 20.3 Å². The molecule has 2 heterocycles. The topological polar surface area (TPSA) is 136 Å². The molecule has 1 aromatic carbocycles.